The maximum atomic E-state index is 11.9. The van der Waals surface area contributed by atoms with Crippen molar-refractivity contribution < 1.29 is 24.4 Å². The van der Waals surface area contributed by atoms with Crippen molar-refractivity contribution in [2.24, 2.45) is 0 Å². The molecule has 0 heterocycles. The molecule has 0 aromatic heterocycles. The average molecular weight is 296 g/mol. The van der Waals surface area contributed by atoms with E-state index in [0.717, 1.165) is 6.07 Å². The van der Waals surface area contributed by atoms with Crippen molar-refractivity contribution in [1.82, 2.24) is 5.32 Å². The normalized spacial score (nSPS) is 11.5. The first-order chi connectivity index (χ1) is 9.90. The van der Waals surface area contributed by atoms with E-state index in [0.29, 0.717) is 0 Å². The van der Waals surface area contributed by atoms with Gasteiger partial charge in [0.2, 0.25) is 0 Å². The summed E-state index contributed by atoms with van der Waals surface area (Å²) in [5.74, 6) is -1.79. The molecular formula is C13H16N2O6. The quantitative estimate of drug-likeness (QED) is 0.582. The third-order valence-corrected chi connectivity index (χ3v) is 2.73. The van der Waals surface area contributed by atoms with Gasteiger partial charge < -0.3 is 15.2 Å². The Morgan fingerprint density at radius 1 is 1.43 bits per heavy atom. The molecule has 0 saturated carbocycles. The van der Waals surface area contributed by atoms with E-state index in [4.69, 9.17) is 9.84 Å². The lowest BCUT2D eigenvalue weighted by atomic mass is 10.1. The van der Waals surface area contributed by atoms with Gasteiger partial charge in [-0.05, 0) is 25.5 Å². The summed E-state index contributed by atoms with van der Waals surface area (Å²) in [6, 6.07) is 2.69. The molecule has 1 aromatic carbocycles. The largest absolute Gasteiger partial charge is 0.487 e. The topological polar surface area (TPSA) is 119 Å². The van der Waals surface area contributed by atoms with Gasteiger partial charge in [-0.3, -0.25) is 14.9 Å². The number of carbonyl (C=O) groups is 2. The van der Waals surface area contributed by atoms with E-state index in [-0.39, 0.29) is 30.0 Å². The molecule has 2 N–H and O–H groups in total. The smallest absolute Gasteiger partial charge is 0.326 e. The van der Waals surface area contributed by atoms with Gasteiger partial charge in [-0.15, -0.1) is 0 Å². The third-order valence-electron chi connectivity index (χ3n) is 2.73. The van der Waals surface area contributed by atoms with E-state index in [2.05, 4.69) is 5.32 Å². The van der Waals surface area contributed by atoms with Gasteiger partial charge in [0.1, 0.15) is 6.04 Å². The van der Waals surface area contributed by atoms with Crippen LogP contribution in [0.25, 0.3) is 0 Å². The SMILES string of the molecule is CCOc1ccc(C(=O)NC(CC)C(=O)O)cc1[N+](=O)[O-]. The molecule has 0 fully saturated rings. The molecule has 1 aromatic rings. The first kappa shape index (κ1) is 16.4. The number of aliphatic carboxylic acids is 1. The molecule has 0 spiro atoms. The Hall–Kier alpha value is -2.64. The van der Waals surface area contributed by atoms with Gasteiger partial charge >= 0.3 is 11.7 Å². The van der Waals surface area contributed by atoms with Crippen LogP contribution in [0.3, 0.4) is 0 Å². The van der Waals surface area contributed by atoms with Crippen molar-refractivity contribution in [2.45, 2.75) is 26.3 Å². The molecule has 1 rings (SSSR count). The third kappa shape index (κ3) is 4.16. The highest BCUT2D eigenvalue weighted by atomic mass is 16.6. The van der Waals surface area contributed by atoms with Crippen molar-refractivity contribution in [3.63, 3.8) is 0 Å². The summed E-state index contributed by atoms with van der Waals surface area (Å²) in [4.78, 5) is 33.1. The molecule has 8 nitrogen and oxygen atoms in total. The lowest BCUT2D eigenvalue weighted by Gasteiger charge is -2.12. The molecular weight excluding hydrogens is 280 g/mol. The minimum absolute atomic E-state index is 0.00449. The first-order valence-corrected chi connectivity index (χ1v) is 6.35. The Balaban J connectivity index is 3.03. The number of hydrogen-bond acceptors (Lipinski definition) is 5. The summed E-state index contributed by atoms with van der Waals surface area (Å²) in [5, 5.41) is 22.1. The molecule has 8 heteroatoms. The van der Waals surface area contributed by atoms with Crippen molar-refractivity contribution in [3.8, 4) is 5.75 Å². The van der Waals surface area contributed by atoms with Crippen molar-refractivity contribution >= 4 is 17.6 Å². The number of carboxylic acids is 1. The van der Waals surface area contributed by atoms with Crippen molar-refractivity contribution in [2.75, 3.05) is 6.61 Å². The number of nitrogens with zero attached hydrogens (tertiary/aromatic N) is 1. The molecule has 1 amide bonds. The summed E-state index contributed by atoms with van der Waals surface area (Å²) in [5.41, 5.74) is -0.335. The molecule has 1 unspecified atom stereocenters. The second-order valence-electron chi connectivity index (χ2n) is 4.15. The number of nitro benzene ring substituents is 1. The van der Waals surface area contributed by atoms with Crippen molar-refractivity contribution in [3.05, 3.63) is 33.9 Å². The Kier molecular flexibility index (Phi) is 5.65. The van der Waals surface area contributed by atoms with Crippen LogP contribution in [0.2, 0.25) is 0 Å². The monoisotopic (exact) mass is 296 g/mol. The Morgan fingerprint density at radius 2 is 2.10 bits per heavy atom. The van der Waals surface area contributed by atoms with Gasteiger partial charge in [0.15, 0.2) is 5.75 Å². The van der Waals surface area contributed by atoms with Crippen LogP contribution in [0.5, 0.6) is 5.75 Å². The molecule has 0 aliphatic heterocycles. The standard InChI is InChI=1S/C13H16N2O6/c1-3-9(13(17)18)14-12(16)8-5-6-11(21-4-2)10(7-8)15(19)20/h5-7,9H,3-4H2,1-2H3,(H,14,16)(H,17,18). The van der Waals surface area contributed by atoms with E-state index >= 15 is 0 Å². The molecule has 0 saturated heterocycles. The fourth-order valence-corrected chi connectivity index (χ4v) is 1.66. The van der Waals surface area contributed by atoms with Gasteiger partial charge in [0.05, 0.1) is 11.5 Å². The van der Waals surface area contributed by atoms with Crippen LogP contribution in [-0.2, 0) is 4.79 Å². The molecule has 1 atom stereocenters. The zero-order valence-electron chi connectivity index (χ0n) is 11.7. The number of benzene rings is 1. The number of ether oxygens (including phenoxy) is 1. The van der Waals surface area contributed by atoms with Gasteiger partial charge in [-0.2, -0.15) is 0 Å². The van der Waals surface area contributed by atoms with Crippen LogP contribution in [-0.4, -0.2) is 34.6 Å². The highest BCUT2D eigenvalue weighted by Crippen LogP contribution is 2.27. The van der Waals surface area contributed by atoms with Crippen molar-refractivity contribution in [1.29, 1.82) is 0 Å². The van der Waals surface area contributed by atoms with Gasteiger partial charge in [0, 0.05) is 11.6 Å². The van der Waals surface area contributed by atoms with Gasteiger partial charge in [0.25, 0.3) is 5.91 Å². The van der Waals surface area contributed by atoms with E-state index in [1.807, 2.05) is 0 Å². The molecule has 114 valence electrons. The van der Waals surface area contributed by atoms with Crippen LogP contribution in [0, 0.1) is 10.1 Å². The highest BCUT2D eigenvalue weighted by Gasteiger charge is 2.22. The first-order valence-electron chi connectivity index (χ1n) is 6.35. The number of amides is 1. The minimum atomic E-state index is -1.16. The second kappa shape index (κ2) is 7.22. The number of carboxylic acid groups (broad SMARTS) is 1. The average Bonchev–Trinajstić information content (AvgIpc) is 2.44. The molecule has 0 aliphatic rings. The Bertz CT molecular complexity index is 558. The second-order valence-corrected chi connectivity index (χ2v) is 4.15. The molecule has 21 heavy (non-hydrogen) atoms. The van der Waals surface area contributed by atoms with Gasteiger partial charge in [-0.25, -0.2) is 4.79 Å². The Labute approximate surface area is 120 Å². The minimum Gasteiger partial charge on any atom is -0.487 e. The number of nitro groups is 1. The van der Waals surface area contributed by atoms with Crippen LogP contribution in [0.1, 0.15) is 30.6 Å². The maximum absolute atomic E-state index is 11.9. The van der Waals surface area contributed by atoms with E-state index in [9.17, 15) is 19.7 Å². The lowest BCUT2D eigenvalue weighted by Crippen LogP contribution is -2.40. The zero-order chi connectivity index (χ0) is 16.0. The van der Waals surface area contributed by atoms with Crippen LogP contribution >= 0.6 is 0 Å². The summed E-state index contributed by atoms with van der Waals surface area (Å²) < 4.78 is 5.11. The summed E-state index contributed by atoms with van der Waals surface area (Å²) in [6.07, 6.45) is 0.209. The van der Waals surface area contributed by atoms with Crippen LogP contribution < -0.4 is 10.1 Å². The summed E-state index contributed by atoms with van der Waals surface area (Å²) in [7, 11) is 0. The predicted molar refractivity (Wildman–Crippen MR) is 73.4 cm³/mol. The zero-order valence-corrected chi connectivity index (χ0v) is 11.7. The fraction of sp³-hybridized carbons (Fsp3) is 0.385. The van der Waals surface area contributed by atoms with Crippen LogP contribution in [0.15, 0.2) is 18.2 Å². The van der Waals surface area contributed by atoms with E-state index in [1.54, 1.807) is 13.8 Å². The maximum Gasteiger partial charge on any atom is 0.326 e. The molecule has 0 aliphatic carbocycles. The van der Waals surface area contributed by atoms with Gasteiger partial charge in [-0.1, -0.05) is 6.92 Å². The molecule has 0 bridgehead atoms. The van der Waals surface area contributed by atoms with E-state index in [1.165, 1.54) is 12.1 Å². The number of rotatable bonds is 7. The Morgan fingerprint density at radius 3 is 2.57 bits per heavy atom. The lowest BCUT2D eigenvalue weighted by molar-refractivity contribution is -0.385. The summed E-state index contributed by atoms with van der Waals surface area (Å²) >= 11 is 0. The molecule has 0 radical (unpaired) electrons. The predicted octanol–water partition coefficient (Wildman–Crippen LogP) is 1.59. The number of carbonyl (C=O) groups excluding carboxylic acids is 1. The van der Waals surface area contributed by atoms with E-state index < -0.39 is 22.8 Å². The highest BCUT2D eigenvalue weighted by molar-refractivity contribution is 5.97. The van der Waals surface area contributed by atoms with Crippen LogP contribution in [0.4, 0.5) is 5.69 Å². The summed E-state index contributed by atoms with van der Waals surface area (Å²) in [6.45, 7) is 3.55. The fourth-order valence-electron chi connectivity index (χ4n) is 1.66. The number of hydrogen-bond donors (Lipinski definition) is 2. The number of nitrogens with one attached hydrogen (secondary N) is 1.